The first kappa shape index (κ1) is 19.9. The van der Waals surface area contributed by atoms with E-state index in [0.717, 1.165) is 33.6 Å². The summed E-state index contributed by atoms with van der Waals surface area (Å²) in [5.74, 6) is 0.121. The normalized spacial score (nSPS) is 11.1. The highest BCUT2D eigenvalue weighted by Gasteiger charge is 2.18. The van der Waals surface area contributed by atoms with Crippen LogP contribution in [0, 0.1) is 26.6 Å². The van der Waals surface area contributed by atoms with Crippen molar-refractivity contribution in [3.05, 3.63) is 89.8 Å². The maximum atomic E-state index is 14.9. The van der Waals surface area contributed by atoms with Crippen LogP contribution in [-0.4, -0.2) is 24.9 Å². The van der Waals surface area contributed by atoms with E-state index in [1.807, 2.05) is 69.4 Å². The van der Waals surface area contributed by atoms with Crippen LogP contribution in [0.1, 0.15) is 17.0 Å². The molecule has 3 aromatic heterocycles. The highest BCUT2D eigenvalue weighted by molar-refractivity contribution is 5.89. The Kier molecular flexibility index (Phi) is 4.90. The van der Waals surface area contributed by atoms with Crippen molar-refractivity contribution in [1.82, 2.24) is 24.9 Å². The summed E-state index contributed by atoms with van der Waals surface area (Å²) in [6.07, 6.45) is 3.55. The largest absolute Gasteiger partial charge is 0.264 e. The number of hydrogen-bond acceptors (Lipinski definition) is 5. The van der Waals surface area contributed by atoms with Gasteiger partial charge in [0.15, 0.2) is 11.5 Å². The summed E-state index contributed by atoms with van der Waals surface area (Å²) in [7, 11) is 0. The Labute approximate surface area is 185 Å². The zero-order chi connectivity index (χ0) is 22.2. The summed E-state index contributed by atoms with van der Waals surface area (Å²) in [5.41, 5.74) is 6.93. The van der Waals surface area contributed by atoms with Crippen molar-refractivity contribution < 1.29 is 4.39 Å². The molecule has 0 aliphatic carbocycles. The fraction of sp³-hybridized carbons (Fsp3) is 0.115. The van der Waals surface area contributed by atoms with Crippen LogP contribution < -0.4 is 0 Å². The molecular weight excluding hydrogens is 401 g/mol. The lowest BCUT2D eigenvalue weighted by molar-refractivity contribution is 0.629. The SMILES string of the molecule is Cc1ccc(-c2nc(-c3cccc(-c4cccnc4)c3)nc3nc(C)c(C)nc23)c(F)c1. The lowest BCUT2D eigenvalue weighted by Gasteiger charge is -2.11. The van der Waals surface area contributed by atoms with Crippen molar-refractivity contribution in [2.75, 3.05) is 0 Å². The lowest BCUT2D eigenvalue weighted by atomic mass is 10.0. The highest BCUT2D eigenvalue weighted by Crippen LogP contribution is 2.31. The summed E-state index contributed by atoms with van der Waals surface area (Å²) in [6, 6.07) is 16.9. The minimum Gasteiger partial charge on any atom is -0.264 e. The summed E-state index contributed by atoms with van der Waals surface area (Å²) < 4.78 is 14.9. The Morgan fingerprint density at radius 1 is 0.719 bits per heavy atom. The van der Waals surface area contributed by atoms with E-state index in [1.54, 1.807) is 12.3 Å². The van der Waals surface area contributed by atoms with Gasteiger partial charge in [0.2, 0.25) is 0 Å². The third-order valence-electron chi connectivity index (χ3n) is 5.44. The van der Waals surface area contributed by atoms with Crippen molar-refractivity contribution in [2.24, 2.45) is 0 Å². The second-order valence-electron chi connectivity index (χ2n) is 7.77. The van der Waals surface area contributed by atoms with Gasteiger partial charge in [-0.05, 0) is 56.2 Å². The van der Waals surface area contributed by atoms with Gasteiger partial charge >= 0.3 is 0 Å². The number of pyridine rings is 1. The standard InChI is InChI=1S/C26H20FN5/c1-15-9-10-21(22(27)12-15)23-24-26(30-17(3)16(2)29-24)32-25(31-23)19-7-4-6-18(13-19)20-8-5-11-28-14-20/h4-14H,1-3H3. The molecule has 5 rings (SSSR count). The molecule has 156 valence electrons. The topological polar surface area (TPSA) is 64.5 Å². The van der Waals surface area contributed by atoms with Crippen LogP contribution in [0.3, 0.4) is 0 Å². The second-order valence-corrected chi connectivity index (χ2v) is 7.77. The molecule has 5 aromatic rings. The van der Waals surface area contributed by atoms with Gasteiger partial charge in [-0.1, -0.05) is 30.3 Å². The number of fused-ring (bicyclic) bond motifs is 1. The van der Waals surface area contributed by atoms with Gasteiger partial charge in [-0.15, -0.1) is 0 Å². The number of nitrogens with zero attached hydrogens (tertiary/aromatic N) is 5. The van der Waals surface area contributed by atoms with Crippen LogP contribution >= 0.6 is 0 Å². The molecule has 0 saturated carbocycles. The first-order valence-electron chi connectivity index (χ1n) is 10.3. The number of rotatable bonds is 3. The molecule has 0 radical (unpaired) electrons. The number of aryl methyl sites for hydroxylation is 3. The van der Waals surface area contributed by atoms with Crippen LogP contribution in [-0.2, 0) is 0 Å². The smallest absolute Gasteiger partial charge is 0.182 e. The molecule has 5 nitrogen and oxygen atoms in total. The molecule has 2 aromatic carbocycles. The van der Waals surface area contributed by atoms with E-state index in [-0.39, 0.29) is 5.82 Å². The monoisotopic (exact) mass is 421 g/mol. The first-order valence-corrected chi connectivity index (χ1v) is 10.3. The first-order chi connectivity index (χ1) is 15.5. The molecule has 0 N–H and O–H groups in total. The van der Waals surface area contributed by atoms with Crippen molar-refractivity contribution in [3.63, 3.8) is 0 Å². The van der Waals surface area contributed by atoms with E-state index < -0.39 is 0 Å². The molecular formula is C26H20FN5. The van der Waals surface area contributed by atoms with E-state index in [0.29, 0.717) is 28.2 Å². The maximum absolute atomic E-state index is 14.9. The fourth-order valence-corrected chi connectivity index (χ4v) is 3.61. The summed E-state index contributed by atoms with van der Waals surface area (Å²) in [5, 5.41) is 0. The Bertz CT molecular complexity index is 1460. The van der Waals surface area contributed by atoms with E-state index >= 15 is 0 Å². The predicted octanol–water partition coefficient (Wildman–Crippen LogP) is 5.88. The number of hydrogen-bond donors (Lipinski definition) is 0. The zero-order valence-electron chi connectivity index (χ0n) is 18.0. The number of aromatic nitrogens is 5. The Balaban J connectivity index is 1.76. The van der Waals surface area contributed by atoms with Gasteiger partial charge in [-0.3, -0.25) is 4.98 Å². The van der Waals surface area contributed by atoms with E-state index in [4.69, 9.17) is 9.97 Å². The minimum absolute atomic E-state index is 0.347. The van der Waals surface area contributed by atoms with Gasteiger partial charge in [0.05, 0.1) is 11.4 Å². The Hall–Kier alpha value is -4.06. The molecule has 6 heteroatoms. The van der Waals surface area contributed by atoms with Crippen LogP contribution in [0.15, 0.2) is 67.0 Å². The van der Waals surface area contributed by atoms with Crippen molar-refractivity contribution in [1.29, 1.82) is 0 Å². The molecule has 0 unspecified atom stereocenters. The maximum Gasteiger partial charge on any atom is 0.182 e. The van der Waals surface area contributed by atoms with Gasteiger partial charge < -0.3 is 0 Å². The van der Waals surface area contributed by atoms with Crippen molar-refractivity contribution in [3.8, 4) is 33.8 Å². The number of halogens is 1. The molecule has 32 heavy (non-hydrogen) atoms. The van der Waals surface area contributed by atoms with E-state index in [1.165, 1.54) is 6.07 Å². The van der Waals surface area contributed by atoms with Crippen LogP contribution in [0.2, 0.25) is 0 Å². The molecule has 0 fully saturated rings. The van der Waals surface area contributed by atoms with Crippen LogP contribution in [0.4, 0.5) is 4.39 Å². The van der Waals surface area contributed by atoms with Crippen molar-refractivity contribution in [2.45, 2.75) is 20.8 Å². The molecule has 0 atom stereocenters. The number of benzene rings is 2. The average Bonchev–Trinajstić information content (AvgIpc) is 2.80. The second kappa shape index (κ2) is 7.89. The zero-order valence-corrected chi connectivity index (χ0v) is 18.0. The third kappa shape index (κ3) is 3.60. The lowest BCUT2D eigenvalue weighted by Crippen LogP contribution is -2.03. The van der Waals surface area contributed by atoms with E-state index in [2.05, 4.69) is 15.0 Å². The Morgan fingerprint density at radius 3 is 2.28 bits per heavy atom. The average molecular weight is 421 g/mol. The Morgan fingerprint density at radius 2 is 1.50 bits per heavy atom. The molecule has 3 heterocycles. The third-order valence-corrected chi connectivity index (χ3v) is 5.44. The molecule has 0 aliphatic rings. The molecule has 0 amide bonds. The van der Waals surface area contributed by atoms with E-state index in [9.17, 15) is 4.39 Å². The van der Waals surface area contributed by atoms with Crippen LogP contribution in [0.5, 0.6) is 0 Å². The summed E-state index contributed by atoms with van der Waals surface area (Å²) >= 11 is 0. The fourth-order valence-electron chi connectivity index (χ4n) is 3.61. The van der Waals surface area contributed by atoms with Gasteiger partial charge in [-0.2, -0.15) is 0 Å². The van der Waals surface area contributed by atoms with Crippen molar-refractivity contribution >= 4 is 11.2 Å². The minimum atomic E-state index is -0.347. The summed E-state index contributed by atoms with van der Waals surface area (Å²) in [6.45, 7) is 5.62. The van der Waals surface area contributed by atoms with Gasteiger partial charge in [0.1, 0.15) is 17.0 Å². The highest BCUT2D eigenvalue weighted by atomic mass is 19.1. The molecule has 0 aliphatic heterocycles. The summed E-state index contributed by atoms with van der Waals surface area (Å²) in [4.78, 5) is 22.9. The molecule has 0 bridgehead atoms. The van der Waals surface area contributed by atoms with Gasteiger partial charge in [-0.25, -0.2) is 24.3 Å². The van der Waals surface area contributed by atoms with Crippen LogP contribution in [0.25, 0.3) is 44.9 Å². The molecule has 0 saturated heterocycles. The van der Waals surface area contributed by atoms with Gasteiger partial charge in [0, 0.05) is 29.1 Å². The van der Waals surface area contributed by atoms with Gasteiger partial charge in [0.25, 0.3) is 0 Å². The predicted molar refractivity (Wildman–Crippen MR) is 123 cm³/mol. The molecule has 0 spiro atoms. The quantitative estimate of drug-likeness (QED) is 0.364.